The van der Waals surface area contributed by atoms with Crippen LogP contribution in [0.25, 0.3) is 0 Å². The number of anilines is 1. The largest absolute Gasteiger partial charge is 0.490 e. The molecule has 0 aliphatic carbocycles. The van der Waals surface area contributed by atoms with Gasteiger partial charge in [0.25, 0.3) is 5.91 Å². The van der Waals surface area contributed by atoms with E-state index < -0.39 is 0 Å². The number of benzene rings is 1. The summed E-state index contributed by atoms with van der Waals surface area (Å²) in [6.07, 6.45) is 2.71. The average molecular weight is 361 g/mol. The highest BCUT2D eigenvalue weighted by molar-refractivity contribution is 7.09. The van der Waals surface area contributed by atoms with Crippen molar-refractivity contribution in [3.05, 3.63) is 39.8 Å². The SMILES string of the molecule is Cc1cc(NC(=O)c2csc(CCN)n2)ccc1OC1CCOCC1. The Bertz CT molecular complexity index is 726. The van der Waals surface area contributed by atoms with Crippen LogP contribution in [0.5, 0.6) is 5.75 Å². The molecule has 6 nitrogen and oxygen atoms in total. The van der Waals surface area contributed by atoms with Crippen molar-refractivity contribution in [2.24, 2.45) is 5.73 Å². The number of aryl methyl sites for hydroxylation is 1. The van der Waals surface area contributed by atoms with Crippen molar-refractivity contribution in [3.63, 3.8) is 0 Å². The number of nitrogens with two attached hydrogens (primary N) is 1. The molecule has 2 heterocycles. The number of ether oxygens (including phenoxy) is 2. The summed E-state index contributed by atoms with van der Waals surface area (Å²) in [6.45, 7) is 4.00. The van der Waals surface area contributed by atoms with Crippen LogP contribution in [0.3, 0.4) is 0 Å². The predicted octanol–water partition coefficient (Wildman–Crippen LogP) is 2.76. The fraction of sp³-hybridized carbons (Fsp3) is 0.444. The molecule has 1 aliphatic rings. The lowest BCUT2D eigenvalue weighted by Crippen LogP contribution is -2.26. The maximum Gasteiger partial charge on any atom is 0.275 e. The fourth-order valence-corrected chi connectivity index (χ4v) is 3.48. The molecule has 3 N–H and O–H groups in total. The molecule has 0 bridgehead atoms. The van der Waals surface area contributed by atoms with Crippen molar-refractivity contribution >= 4 is 22.9 Å². The lowest BCUT2D eigenvalue weighted by Gasteiger charge is -2.24. The van der Waals surface area contributed by atoms with Crippen LogP contribution >= 0.6 is 11.3 Å². The lowest BCUT2D eigenvalue weighted by molar-refractivity contribution is 0.0253. The van der Waals surface area contributed by atoms with Crippen molar-refractivity contribution in [2.75, 3.05) is 25.1 Å². The molecule has 0 spiro atoms. The Morgan fingerprint density at radius 1 is 1.44 bits per heavy atom. The summed E-state index contributed by atoms with van der Waals surface area (Å²) in [4.78, 5) is 16.6. The number of amides is 1. The number of rotatable bonds is 6. The van der Waals surface area contributed by atoms with Crippen LogP contribution < -0.4 is 15.8 Å². The Morgan fingerprint density at radius 2 is 2.24 bits per heavy atom. The lowest BCUT2D eigenvalue weighted by atomic mass is 10.1. The van der Waals surface area contributed by atoms with Gasteiger partial charge in [-0.1, -0.05) is 0 Å². The van der Waals surface area contributed by atoms with Crippen molar-refractivity contribution < 1.29 is 14.3 Å². The molecule has 0 atom stereocenters. The molecule has 134 valence electrons. The quantitative estimate of drug-likeness (QED) is 0.826. The zero-order chi connectivity index (χ0) is 17.6. The van der Waals surface area contributed by atoms with Crippen LogP contribution in [0.2, 0.25) is 0 Å². The van der Waals surface area contributed by atoms with Crippen LogP contribution in [0.15, 0.2) is 23.6 Å². The second kappa shape index (κ2) is 8.42. The Hall–Kier alpha value is -1.96. The van der Waals surface area contributed by atoms with Gasteiger partial charge in [-0.15, -0.1) is 11.3 Å². The summed E-state index contributed by atoms with van der Waals surface area (Å²) < 4.78 is 11.4. The van der Waals surface area contributed by atoms with Crippen LogP contribution in [-0.2, 0) is 11.2 Å². The van der Waals surface area contributed by atoms with Crippen LogP contribution in [0, 0.1) is 6.92 Å². The zero-order valence-corrected chi connectivity index (χ0v) is 15.1. The molecule has 0 saturated carbocycles. The second-order valence-electron chi connectivity index (χ2n) is 6.03. The van der Waals surface area contributed by atoms with Gasteiger partial charge in [-0.25, -0.2) is 4.98 Å². The molecular weight excluding hydrogens is 338 g/mol. The number of nitrogens with one attached hydrogen (secondary N) is 1. The summed E-state index contributed by atoms with van der Waals surface area (Å²) in [5, 5.41) is 5.52. The minimum Gasteiger partial charge on any atom is -0.490 e. The van der Waals surface area contributed by atoms with Gasteiger partial charge in [-0.05, 0) is 37.2 Å². The standard InChI is InChI=1S/C18H23N3O3S/c1-12-10-13(2-3-16(12)24-14-5-8-23-9-6-14)20-18(22)15-11-25-17(21-15)4-7-19/h2-3,10-11,14H,4-9,19H2,1H3,(H,20,22). The number of hydrogen-bond donors (Lipinski definition) is 2. The number of nitrogens with zero attached hydrogens (tertiary/aromatic N) is 1. The van der Waals surface area contributed by atoms with E-state index in [0.717, 1.165) is 48.1 Å². The first kappa shape index (κ1) is 17.8. The second-order valence-corrected chi connectivity index (χ2v) is 6.97. The average Bonchev–Trinajstić information content (AvgIpc) is 3.07. The van der Waals surface area contributed by atoms with Gasteiger partial charge < -0.3 is 20.5 Å². The number of aromatic nitrogens is 1. The highest BCUT2D eigenvalue weighted by Gasteiger charge is 2.17. The van der Waals surface area contributed by atoms with E-state index in [-0.39, 0.29) is 12.0 Å². The third-order valence-electron chi connectivity index (χ3n) is 4.04. The molecule has 0 unspecified atom stereocenters. The topological polar surface area (TPSA) is 86.5 Å². The first-order valence-corrected chi connectivity index (χ1v) is 9.34. The van der Waals surface area contributed by atoms with Gasteiger partial charge in [-0.3, -0.25) is 4.79 Å². The van der Waals surface area contributed by atoms with Gasteiger partial charge in [-0.2, -0.15) is 0 Å². The van der Waals surface area contributed by atoms with E-state index in [4.69, 9.17) is 15.2 Å². The van der Waals surface area contributed by atoms with Gasteiger partial charge in [0.05, 0.1) is 18.2 Å². The Labute approximate surface area is 151 Å². The van der Waals surface area contributed by atoms with Crippen molar-refractivity contribution in [2.45, 2.75) is 32.3 Å². The first-order chi connectivity index (χ1) is 12.2. The van der Waals surface area contributed by atoms with E-state index in [2.05, 4.69) is 10.3 Å². The minimum atomic E-state index is -0.211. The van der Waals surface area contributed by atoms with Gasteiger partial charge in [0.1, 0.15) is 17.5 Å². The van der Waals surface area contributed by atoms with E-state index >= 15 is 0 Å². The number of carbonyl (C=O) groups is 1. The van der Waals surface area contributed by atoms with E-state index in [1.807, 2.05) is 25.1 Å². The minimum absolute atomic E-state index is 0.198. The molecule has 7 heteroatoms. The summed E-state index contributed by atoms with van der Waals surface area (Å²) in [6, 6.07) is 5.67. The molecule has 1 aliphatic heterocycles. The van der Waals surface area contributed by atoms with Crippen molar-refractivity contribution in [1.82, 2.24) is 4.98 Å². The van der Waals surface area contributed by atoms with Crippen LogP contribution in [-0.4, -0.2) is 36.8 Å². The Kier molecular flexibility index (Phi) is 6.01. The molecular formula is C18H23N3O3S. The fourth-order valence-electron chi connectivity index (χ4n) is 2.68. The van der Waals surface area contributed by atoms with Gasteiger partial charge in [0.15, 0.2) is 0 Å². The molecule has 25 heavy (non-hydrogen) atoms. The summed E-state index contributed by atoms with van der Waals surface area (Å²) in [7, 11) is 0. The molecule has 3 rings (SSSR count). The third-order valence-corrected chi connectivity index (χ3v) is 4.95. The van der Waals surface area contributed by atoms with E-state index in [1.165, 1.54) is 11.3 Å². The van der Waals surface area contributed by atoms with E-state index in [1.54, 1.807) is 5.38 Å². The molecule has 1 saturated heterocycles. The van der Waals surface area contributed by atoms with Crippen molar-refractivity contribution in [1.29, 1.82) is 0 Å². The first-order valence-electron chi connectivity index (χ1n) is 8.46. The molecule has 2 aromatic rings. The van der Waals surface area contributed by atoms with Crippen LogP contribution in [0.1, 0.15) is 33.9 Å². The third kappa shape index (κ3) is 4.78. The van der Waals surface area contributed by atoms with E-state index in [9.17, 15) is 4.79 Å². The number of carbonyl (C=O) groups excluding carboxylic acids is 1. The summed E-state index contributed by atoms with van der Waals surface area (Å²) in [5.41, 5.74) is 7.66. The number of hydrogen-bond acceptors (Lipinski definition) is 6. The highest BCUT2D eigenvalue weighted by Crippen LogP contribution is 2.25. The molecule has 1 aromatic carbocycles. The maximum absolute atomic E-state index is 12.3. The van der Waals surface area contributed by atoms with Gasteiger partial charge in [0, 0.05) is 30.3 Å². The summed E-state index contributed by atoms with van der Waals surface area (Å²) in [5.74, 6) is 0.640. The molecule has 1 amide bonds. The highest BCUT2D eigenvalue weighted by atomic mass is 32.1. The predicted molar refractivity (Wildman–Crippen MR) is 98.5 cm³/mol. The van der Waals surface area contributed by atoms with Crippen LogP contribution in [0.4, 0.5) is 5.69 Å². The maximum atomic E-state index is 12.3. The Morgan fingerprint density at radius 3 is 2.96 bits per heavy atom. The monoisotopic (exact) mass is 361 g/mol. The van der Waals surface area contributed by atoms with Gasteiger partial charge in [0.2, 0.25) is 0 Å². The summed E-state index contributed by atoms with van der Waals surface area (Å²) >= 11 is 1.46. The Balaban J connectivity index is 1.62. The van der Waals surface area contributed by atoms with E-state index in [0.29, 0.717) is 18.7 Å². The smallest absolute Gasteiger partial charge is 0.275 e. The normalized spacial score (nSPS) is 15.1. The molecule has 0 radical (unpaired) electrons. The molecule has 1 aromatic heterocycles. The van der Waals surface area contributed by atoms with Crippen molar-refractivity contribution in [3.8, 4) is 5.75 Å². The van der Waals surface area contributed by atoms with Gasteiger partial charge >= 0.3 is 0 Å². The zero-order valence-electron chi connectivity index (χ0n) is 14.3. The molecule has 1 fully saturated rings. The number of thiazole rings is 1.